The van der Waals surface area contributed by atoms with Gasteiger partial charge in [-0.3, -0.25) is 9.97 Å². The molecule has 0 amide bonds. The Morgan fingerprint density at radius 3 is 1.60 bits per heavy atom. The van der Waals surface area contributed by atoms with E-state index in [0.29, 0.717) is 21.9 Å². The molecule has 0 radical (unpaired) electrons. The van der Waals surface area contributed by atoms with Gasteiger partial charge in [0.15, 0.2) is 0 Å². The molecule has 2 heterocycles. The molecule has 108 valence electrons. The Kier molecular flexibility index (Phi) is 6.97. The average molecular weight is 311 g/mol. The molecule has 2 aromatic rings. The number of nitrogens with zero attached hydrogens (tertiary/aromatic N) is 2. The van der Waals surface area contributed by atoms with Gasteiger partial charge < -0.3 is 0 Å². The molecule has 2 nitrogen and oxygen atoms in total. The lowest BCUT2D eigenvalue weighted by Gasteiger charge is -2.08. The summed E-state index contributed by atoms with van der Waals surface area (Å²) >= 11 is 11.8. The molecule has 0 unspecified atom stereocenters. The third-order valence-electron chi connectivity index (χ3n) is 2.84. The van der Waals surface area contributed by atoms with Crippen LogP contribution in [0.1, 0.15) is 50.7 Å². The van der Waals surface area contributed by atoms with Gasteiger partial charge in [-0.05, 0) is 35.1 Å². The van der Waals surface area contributed by atoms with E-state index in [-0.39, 0.29) is 0 Å². The second-order valence-corrected chi connectivity index (χ2v) is 5.92. The number of halogens is 2. The van der Waals surface area contributed by atoms with Crippen molar-refractivity contribution in [3.05, 3.63) is 58.1 Å². The largest absolute Gasteiger partial charge is 0.265 e. The van der Waals surface area contributed by atoms with Crippen molar-refractivity contribution in [2.75, 3.05) is 0 Å². The number of aromatic nitrogens is 2. The molecule has 2 rings (SSSR count). The van der Waals surface area contributed by atoms with Crippen LogP contribution < -0.4 is 0 Å². The van der Waals surface area contributed by atoms with E-state index in [2.05, 4.69) is 23.8 Å². The van der Waals surface area contributed by atoms with Crippen molar-refractivity contribution in [3.8, 4) is 0 Å². The van der Waals surface area contributed by atoms with Crippen molar-refractivity contribution in [1.82, 2.24) is 9.97 Å². The maximum absolute atomic E-state index is 5.88. The van der Waals surface area contributed by atoms with E-state index < -0.39 is 0 Å². The highest BCUT2D eigenvalue weighted by Crippen LogP contribution is 2.29. The standard InChI is InChI=1S/C8H9Cl2N.C8H11N/c1-5(2)8-6(9)3-11-4-7(8)10;1-7(2)8-3-5-9-6-4-8/h3-5H,1-2H3;3-7H,1-2H3. The first-order valence-corrected chi connectivity index (χ1v) is 7.37. The maximum atomic E-state index is 5.88. The molecule has 0 aliphatic heterocycles. The summed E-state index contributed by atoms with van der Waals surface area (Å²) < 4.78 is 0. The minimum atomic E-state index is 0.345. The molecule has 0 N–H and O–H groups in total. The van der Waals surface area contributed by atoms with Gasteiger partial charge in [0.05, 0.1) is 10.0 Å². The van der Waals surface area contributed by atoms with E-state index in [1.165, 1.54) is 5.56 Å². The molecule has 0 saturated heterocycles. The highest BCUT2D eigenvalue weighted by atomic mass is 35.5. The predicted molar refractivity (Wildman–Crippen MR) is 86.7 cm³/mol. The van der Waals surface area contributed by atoms with Crippen molar-refractivity contribution >= 4 is 23.2 Å². The Bertz CT molecular complexity index is 505. The molecule has 0 aliphatic carbocycles. The minimum absolute atomic E-state index is 0.345. The normalized spacial score (nSPS) is 10.4. The van der Waals surface area contributed by atoms with Gasteiger partial charge in [0.2, 0.25) is 0 Å². The van der Waals surface area contributed by atoms with Gasteiger partial charge >= 0.3 is 0 Å². The van der Waals surface area contributed by atoms with Crippen LogP contribution in [-0.4, -0.2) is 9.97 Å². The lowest BCUT2D eigenvalue weighted by molar-refractivity contribution is 0.863. The molecule has 2 aromatic heterocycles. The number of rotatable bonds is 2. The number of pyridine rings is 2. The van der Waals surface area contributed by atoms with Gasteiger partial charge in [0.1, 0.15) is 0 Å². The highest BCUT2D eigenvalue weighted by molar-refractivity contribution is 6.35. The number of hydrogen-bond acceptors (Lipinski definition) is 2. The zero-order chi connectivity index (χ0) is 15.1. The molecule has 0 fully saturated rings. The quantitative estimate of drug-likeness (QED) is 0.709. The molecular weight excluding hydrogens is 291 g/mol. The fourth-order valence-electron chi connectivity index (χ4n) is 1.72. The summed E-state index contributed by atoms with van der Waals surface area (Å²) in [7, 11) is 0. The Balaban J connectivity index is 0.000000204. The third-order valence-corrected chi connectivity index (χ3v) is 3.44. The van der Waals surface area contributed by atoms with E-state index in [4.69, 9.17) is 23.2 Å². The summed E-state index contributed by atoms with van der Waals surface area (Å²) in [5.74, 6) is 0.964. The predicted octanol–water partition coefficient (Wildman–Crippen LogP) is 5.72. The molecule has 0 atom stereocenters. The molecule has 4 heteroatoms. The summed E-state index contributed by atoms with van der Waals surface area (Å²) in [5, 5.41) is 1.29. The topological polar surface area (TPSA) is 25.8 Å². The summed E-state index contributed by atoms with van der Waals surface area (Å²) in [6.45, 7) is 8.45. The zero-order valence-corrected chi connectivity index (χ0v) is 13.8. The molecule has 0 spiro atoms. The third kappa shape index (κ3) is 5.10. The second-order valence-electron chi connectivity index (χ2n) is 5.11. The Morgan fingerprint density at radius 2 is 1.30 bits per heavy atom. The second kappa shape index (κ2) is 8.23. The average Bonchev–Trinajstić information content (AvgIpc) is 2.40. The summed E-state index contributed by atoms with van der Waals surface area (Å²) in [6, 6.07) is 4.09. The van der Waals surface area contributed by atoms with Gasteiger partial charge in [-0.2, -0.15) is 0 Å². The Morgan fingerprint density at radius 1 is 0.800 bits per heavy atom. The Hall–Kier alpha value is -1.12. The van der Waals surface area contributed by atoms with E-state index in [9.17, 15) is 0 Å². The van der Waals surface area contributed by atoms with Crippen LogP contribution in [0.2, 0.25) is 10.0 Å². The van der Waals surface area contributed by atoms with Gasteiger partial charge in [0.25, 0.3) is 0 Å². The van der Waals surface area contributed by atoms with Crippen LogP contribution >= 0.6 is 23.2 Å². The smallest absolute Gasteiger partial charge is 0.0638 e. The minimum Gasteiger partial charge on any atom is -0.265 e. The Labute approximate surface area is 131 Å². The molecule has 0 aromatic carbocycles. The number of hydrogen-bond donors (Lipinski definition) is 0. The van der Waals surface area contributed by atoms with E-state index >= 15 is 0 Å². The zero-order valence-electron chi connectivity index (χ0n) is 12.3. The monoisotopic (exact) mass is 310 g/mol. The fourth-order valence-corrected chi connectivity index (χ4v) is 2.52. The van der Waals surface area contributed by atoms with Crippen molar-refractivity contribution in [1.29, 1.82) is 0 Å². The van der Waals surface area contributed by atoms with Gasteiger partial charge in [-0.1, -0.05) is 50.9 Å². The maximum Gasteiger partial charge on any atom is 0.0638 e. The van der Waals surface area contributed by atoms with Crippen LogP contribution in [0, 0.1) is 0 Å². The van der Waals surface area contributed by atoms with E-state index in [1.807, 2.05) is 38.4 Å². The van der Waals surface area contributed by atoms with Crippen molar-refractivity contribution in [2.45, 2.75) is 39.5 Å². The fraction of sp³-hybridized carbons (Fsp3) is 0.375. The van der Waals surface area contributed by atoms with Crippen LogP contribution in [0.15, 0.2) is 36.9 Å². The SMILES string of the molecule is CC(C)c1c(Cl)cncc1Cl.CC(C)c1ccncc1. The first kappa shape index (κ1) is 16.9. The van der Waals surface area contributed by atoms with E-state index in [0.717, 1.165) is 5.56 Å². The van der Waals surface area contributed by atoms with Crippen LogP contribution in [0.25, 0.3) is 0 Å². The summed E-state index contributed by atoms with van der Waals surface area (Å²) in [5.41, 5.74) is 2.33. The summed E-state index contributed by atoms with van der Waals surface area (Å²) in [4.78, 5) is 7.79. The van der Waals surface area contributed by atoms with Crippen LogP contribution in [0.3, 0.4) is 0 Å². The highest BCUT2D eigenvalue weighted by Gasteiger charge is 2.08. The molecule has 0 aliphatic rings. The van der Waals surface area contributed by atoms with Gasteiger partial charge in [-0.15, -0.1) is 0 Å². The van der Waals surface area contributed by atoms with Gasteiger partial charge in [-0.25, -0.2) is 0 Å². The molecule has 0 saturated carbocycles. The van der Waals surface area contributed by atoms with E-state index in [1.54, 1.807) is 12.4 Å². The van der Waals surface area contributed by atoms with Crippen LogP contribution in [0.4, 0.5) is 0 Å². The molecule has 20 heavy (non-hydrogen) atoms. The lowest BCUT2D eigenvalue weighted by atomic mass is 10.1. The van der Waals surface area contributed by atoms with Crippen molar-refractivity contribution < 1.29 is 0 Å². The first-order valence-electron chi connectivity index (χ1n) is 6.62. The van der Waals surface area contributed by atoms with Crippen LogP contribution in [-0.2, 0) is 0 Å². The van der Waals surface area contributed by atoms with Gasteiger partial charge in [0, 0.05) is 24.8 Å². The van der Waals surface area contributed by atoms with Crippen molar-refractivity contribution in [3.63, 3.8) is 0 Å². The lowest BCUT2D eigenvalue weighted by Crippen LogP contribution is -1.91. The van der Waals surface area contributed by atoms with Crippen molar-refractivity contribution in [2.24, 2.45) is 0 Å². The molecular formula is C16H20Cl2N2. The van der Waals surface area contributed by atoms with Crippen LogP contribution in [0.5, 0.6) is 0 Å². The molecule has 0 bridgehead atoms. The first-order chi connectivity index (χ1) is 9.43. The summed E-state index contributed by atoms with van der Waals surface area (Å²) in [6.07, 6.45) is 6.89.